The van der Waals surface area contributed by atoms with Crippen molar-refractivity contribution < 1.29 is 28.5 Å². The largest absolute Gasteiger partial charge is 0.493 e. The quantitative estimate of drug-likeness (QED) is 0.380. The third-order valence-electron chi connectivity index (χ3n) is 4.01. The summed E-state index contributed by atoms with van der Waals surface area (Å²) in [6, 6.07) is 10.2. The maximum atomic E-state index is 12.2. The Morgan fingerprint density at radius 3 is 2.34 bits per heavy atom. The molecule has 3 rings (SSSR count). The van der Waals surface area contributed by atoms with Crippen molar-refractivity contribution in [3.63, 3.8) is 0 Å². The maximum Gasteiger partial charge on any atom is 0.348 e. The lowest BCUT2D eigenvalue weighted by Gasteiger charge is -2.29. The first-order chi connectivity index (χ1) is 13.7. The third-order valence-corrected chi connectivity index (χ3v) is 4.75. The Kier molecular flexibility index (Phi) is 6.05. The fourth-order valence-corrected chi connectivity index (χ4v) is 3.00. The average Bonchev–Trinajstić information content (AvgIpc) is 2.65. The molecule has 1 aliphatic rings. The standard InChI is InChI=1S/C21H18Cl2O6/c1-21(2)28-19(24)14(20(25)29-21)10-13-5-4-6-17(26-3)18(13)27-11-12-7-8-15(22)16(23)9-12/h4-10H,11H2,1-3H3. The molecule has 1 aliphatic heterocycles. The summed E-state index contributed by atoms with van der Waals surface area (Å²) in [6.45, 7) is 3.13. The smallest absolute Gasteiger partial charge is 0.348 e. The van der Waals surface area contributed by atoms with Crippen LogP contribution in [0.5, 0.6) is 11.5 Å². The molecule has 29 heavy (non-hydrogen) atoms. The summed E-state index contributed by atoms with van der Waals surface area (Å²) in [7, 11) is 1.49. The Morgan fingerprint density at radius 2 is 1.72 bits per heavy atom. The van der Waals surface area contributed by atoms with Gasteiger partial charge in [-0.05, 0) is 29.8 Å². The minimum atomic E-state index is -1.31. The Morgan fingerprint density at radius 1 is 1.03 bits per heavy atom. The van der Waals surface area contributed by atoms with Gasteiger partial charge in [-0.2, -0.15) is 0 Å². The predicted octanol–water partition coefficient (Wildman–Crippen LogP) is 4.80. The van der Waals surface area contributed by atoms with Crippen LogP contribution < -0.4 is 9.47 Å². The molecule has 0 amide bonds. The summed E-state index contributed by atoms with van der Waals surface area (Å²) in [4.78, 5) is 24.5. The van der Waals surface area contributed by atoms with Crippen molar-refractivity contribution >= 4 is 41.2 Å². The summed E-state index contributed by atoms with van der Waals surface area (Å²) in [5.41, 5.74) is 0.993. The molecule has 0 aromatic heterocycles. The fraction of sp³-hybridized carbons (Fsp3) is 0.238. The molecule has 0 bridgehead atoms. The van der Waals surface area contributed by atoms with Gasteiger partial charge in [0.05, 0.1) is 17.2 Å². The van der Waals surface area contributed by atoms with E-state index < -0.39 is 17.7 Å². The minimum Gasteiger partial charge on any atom is -0.493 e. The topological polar surface area (TPSA) is 71.1 Å². The average molecular weight is 437 g/mol. The fourth-order valence-electron chi connectivity index (χ4n) is 2.68. The Bertz CT molecular complexity index is 975. The number of hydrogen-bond acceptors (Lipinski definition) is 6. The normalized spacial score (nSPS) is 15.4. The Labute approximate surface area is 177 Å². The molecule has 1 saturated heterocycles. The molecule has 1 heterocycles. The molecule has 1 fully saturated rings. The van der Waals surface area contributed by atoms with Crippen molar-refractivity contribution in [3.05, 3.63) is 63.1 Å². The first-order valence-electron chi connectivity index (χ1n) is 8.62. The van der Waals surface area contributed by atoms with E-state index >= 15 is 0 Å². The van der Waals surface area contributed by atoms with Gasteiger partial charge in [-0.3, -0.25) is 0 Å². The van der Waals surface area contributed by atoms with E-state index in [0.717, 1.165) is 5.56 Å². The van der Waals surface area contributed by atoms with E-state index in [-0.39, 0.29) is 12.2 Å². The first-order valence-corrected chi connectivity index (χ1v) is 9.38. The zero-order chi connectivity index (χ0) is 21.2. The van der Waals surface area contributed by atoms with Crippen LogP contribution in [0.1, 0.15) is 25.0 Å². The van der Waals surface area contributed by atoms with E-state index in [1.165, 1.54) is 27.0 Å². The van der Waals surface area contributed by atoms with Crippen LogP contribution >= 0.6 is 23.2 Å². The number of halogens is 2. The maximum absolute atomic E-state index is 12.2. The highest BCUT2D eigenvalue weighted by molar-refractivity contribution is 6.42. The van der Waals surface area contributed by atoms with Gasteiger partial charge >= 0.3 is 11.9 Å². The highest BCUT2D eigenvalue weighted by atomic mass is 35.5. The van der Waals surface area contributed by atoms with Crippen molar-refractivity contribution in [2.45, 2.75) is 26.2 Å². The molecule has 8 heteroatoms. The summed E-state index contributed by atoms with van der Waals surface area (Å²) < 4.78 is 21.5. The molecule has 152 valence electrons. The second-order valence-corrected chi connectivity index (χ2v) is 7.47. The van der Waals surface area contributed by atoms with Crippen molar-refractivity contribution in [1.29, 1.82) is 0 Å². The monoisotopic (exact) mass is 436 g/mol. The molecular weight excluding hydrogens is 419 g/mol. The van der Waals surface area contributed by atoms with Gasteiger partial charge < -0.3 is 18.9 Å². The molecule has 0 radical (unpaired) electrons. The van der Waals surface area contributed by atoms with Crippen molar-refractivity contribution in [2.24, 2.45) is 0 Å². The molecule has 6 nitrogen and oxygen atoms in total. The highest BCUT2D eigenvalue weighted by Gasteiger charge is 2.39. The van der Waals surface area contributed by atoms with Crippen LogP contribution in [-0.2, 0) is 25.7 Å². The number of rotatable bonds is 5. The molecule has 0 spiro atoms. The van der Waals surface area contributed by atoms with Crippen LogP contribution in [0.4, 0.5) is 0 Å². The number of hydrogen-bond donors (Lipinski definition) is 0. The number of carbonyl (C=O) groups is 2. The minimum absolute atomic E-state index is 0.162. The van der Waals surface area contributed by atoms with E-state index in [2.05, 4.69) is 0 Å². The lowest BCUT2D eigenvalue weighted by molar-refractivity contribution is -0.222. The molecule has 2 aromatic rings. The molecular formula is C21H18Cl2O6. The molecule has 0 atom stereocenters. The zero-order valence-electron chi connectivity index (χ0n) is 16.0. The summed E-state index contributed by atoms with van der Waals surface area (Å²) in [6.07, 6.45) is 1.35. The van der Waals surface area contributed by atoms with Crippen LogP contribution in [0.15, 0.2) is 42.0 Å². The number of esters is 2. The Hall–Kier alpha value is -2.70. The molecule has 0 saturated carbocycles. The van der Waals surface area contributed by atoms with E-state index in [4.69, 9.17) is 42.1 Å². The molecule has 2 aromatic carbocycles. The SMILES string of the molecule is COc1cccc(C=C2C(=O)OC(C)(C)OC2=O)c1OCc1ccc(Cl)c(Cl)c1. The van der Waals surface area contributed by atoms with Gasteiger partial charge in [-0.15, -0.1) is 0 Å². The van der Waals surface area contributed by atoms with Crippen molar-refractivity contribution in [3.8, 4) is 11.5 Å². The number of ether oxygens (including phenoxy) is 4. The van der Waals surface area contributed by atoms with Crippen LogP contribution in [0.2, 0.25) is 10.0 Å². The van der Waals surface area contributed by atoms with Gasteiger partial charge in [-0.1, -0.05) is 41.4 Å². The third kappa shape index (κ3) is 4.83. The molecule has 0 aliphatic carbocycles. The number of cyclic esters (lactones) is 2. The van der Waals surface area contributed by atoms with E-state index in [1.807, 2.05) is 0 Å². The van der Waals surface area contributed by atoms with Crippen LogP contribution in [0.3, 0.4) is 0 Å². The van der Waals surface area contributed by atoms with Gasteiger partial charge in [-0.25, -0.2) is 9.59 Å². The predicted molar refractivity (Wildman–Crippen MR) is 108 cm³/mol. The van der Waals surface area contributed by atoms with Gasteiger partial charge in [0, 0.05) is 19.4 Å². The van der Waals surface area contributed by atoms with Crippen molar-refractivity contribution in [2.75, 3.05) is 7.11 Å². The van der Waals surface area contributed by atoms with Gasteiger partial charge in [0.1, 0.15) is 12.2 Å². The second-order valence-electron chi connectivity index (χ2n) is 6.65. The van der Waals surface area contributed by atoms with Gasteiger partial charge in [0.2, 0.25) is 0 Å². The number of para-hydroxylation sites is 1. The van der Waals surface area contributed by atoms with Gasteiger partial charge in [0.15, 0.2) is 11.5 Å². The lowest BCUT2D eigenvalue weighted by atomic mass is 10.1. The van der Waals surface area contributed by atoms with Crippen LogP contribution in [0.25, 0.3) is 6.08 Å². The van der Waals surface area contributed by atoms with Crippen LogP contribution in [-0.4, -0.2) is 24.8 Å². The van der Waals surface area contributed by atoms with Crippen molar-refractivity contribution in [1.82, 2.24) is 0 Å². The lowest BCUT2D eigenvalue weighted by Crippen LogP contribution is -2.41. The summed E-state index contributed by atoms with van der Waals surface area (Å²) in [5.74, 6) is -2.09. The number of benzene rings is 2. The van der Waals surface area contributed by atoms with E-state index in [0.29, 0.717) is 27.1 Å². The van der Waals surface area contributed by atoms with Gasteiger partial charge in [0.25, 0.3) is 5.79 Å². The highest BCUT2D eigenvalue weighted by Crippen LogP contribution is 2.35. The molecule has 0 N–H and O–H groups in total. The zero-order valence-corrected chi connectivity index (χ0v) is 17.5. The summed E-state index contributed by atoms with van der Waals surface area (Å²) in [5, 5.41) is 0.848. The first kappa shape index (κ1) is 21.0. The molecule has 0 unspecified atom stereocenters. The number of carbonyl (C=O) groups excluding carboxylic acids is 2. The summed E-state index contributed by atoms with van der Waals surface area (Å²) >= 11 is 12.0. The van der Waals surface area contributed by atoms with E-state index in [1.54, 1.807) is 36.4 Å². The van der Waals surface area contributed by atoms with Crippen LogP contribution in [0, 0.1) is 0 Å². The van der Waals surface area contributed by atoms with E-state index in [9.17, 15) is 9.59 Å². The number of methoxy groups -OCH3 is 1. The Balaban J connectivity index is 1.93. The second kappa shape index (κ2) is 8.35.